The van der Waals surface area contributed by atoms with Gasteiger partial charge in [-0.1, -0.05) is 11.6 Å². The second-order valence-electron chi connectivity index (χ2n) is 5.42. The van der Waals surface area contributed by atoms with E-state index < -0.39 is 10.0 Å². The molecule has 1 aromatic heterocycles. The Balaban J connectivity index is 1.80. The van der Waals surface area contributed by atoms with Crippen molar-refractivity contribution < 1.29 is 8.42 Å². The van der Waals surface area contributed by atoms with Crippen LogP contribution in [0.4, 0.5) is 0 Å². The molecule has 0 spiro atoms. The molecule has 2 aliphatic heterocycles. The topological polar surface area (TPSA) is 53.0 Å². The smallest absolute Gasteiger partial charge is 0.252 e. The molecule has 3 rings (SSSR count). The molecule has 8 heteroatoms. The highest BCUT2D eigenvalue weighted by molar-refractivity contribution is 7.91. The zero-order chi connectivity index (χ0) is 15.0. The summed E-state index contributed by atoms with van der Waals surface area (Å²) in [5.74, 6) is 1.26. The van der Waals surface area contributed by atoms with Gasteiger partial charge in [0.15, 0.2) is 0 Å². The van der Waals surface area contributed by atoms with Crippen LogP contribution in [0.15, 0.2) is 21.3 Å². The lowest BCUT2D eigenvalue weighted by Crippen LogP contribution is -2.44. The molecule has 0 aromatic carbocycles. The number of likely N-dealkylation sites (N-methyl/N-ethyl adjacent to an activating group) is 1. The van der Waals surface area contributed by atoms with Gasteiger partial charge in [0.05, 0.1) is 10.9 Å². The average molecular weight is 348 g/mol. The van der Waals surface area contributed by atoms with Crippen molar-refractivity contribution >= 4 is 38.8 Å². The number of nitrogens with zero attached hydrogens (tertiary/aromatic N) is 3. The maximum atomic E-state index is 12.7. The Hall–Kier alpha value is -0.630. The monoisotopic (exact) mass is 347 g/mol. The van der Waals surface area contributed by atoms with Gasteiger partial charge in [-0.05, 0) is 25.0 Å². The predicted molar refractivity (Wildman–Crippen MR) is 85.7 cm³/mol. The molecule has 3 heterocycles. The first-order valence-corrected chi connectivity index (χ1v) is 9.63. The van der Waals surface area contributed by atoms with Crippen molar-refractivity contribution in [3.63, 3.8) is 0 Å². The molecule has 0 N–H and O–H groups in total. The Morgan fingerprint density at radius 3 is 2.81 bits per heavy atom. The molecular weight excluding hydrogens is 330 g/mol. The summed E-state index contributed by atoms with van der Waals surface area (Å²) in [7, 11) is -1.40. The van der Waals surface area contributed by atoms with Crippen molar-refractivity contribution in [2.45, 2.75) is 17.1 Å². The molecule has 0 aliphatic carbocycles. The molecule has 5 nitrogen and oxygen atoms in total. The van der Waals surface area contributed by atoms with E-state index >= 15 is 0 Å². The first-order valence-electron chi connectivity index (χ1n) is 6.99. The van der Waals surface area contributed by atoms with Crippen molar-refractivity contribution in [1.82, 2.24) is 9.21 Å². The van der Waals surface area contributed by atoms with E-state index in [1.807, 2.05) is 7.05 Å². The highest BCUT2D eigenvalue weighted by atomic mass is 35.5. The fourth-order valence-electron chi connectivity index (χ4n) is 2.93. The van der Waals surface area contributed by atoms with Gasteiger partial charge in [-0.15, -0.1) is 11.3 Å². The summed E-state index contributed by atoms with van der Waals surface area (Å²) < 4.78 is 27.7. The minimum Gasteiger partial charge on any atom is -0.361 e. The number of amidine groups is 1. The van der Waals surface area contributed by atoms with Gasteiger partial charge in [-0.2, -0.15) is 4.31 Å². The number of aliphatic imine (C=N–C) groups is 1. The lowest BCUT2D eigenvalue weighted by atomic mass is 9.98. The van der Waals surface area contributed by atoms with Crippen LogP contribution in [0, 0.1) is 5.92 Å². The zero-order valence-corrected chi connectivity index (χ0v) is 14.2. The minimum atomic E-state index is -3.43. The number of rotatable bonds is 3. The van der Waals surface area contributed by atoms with E-state index in [0.717, 1.165) is 43.1 Å². The summed E-state index contributed by atoms with van der Waals surface area (Å²) in [5.41, 5.74) is 0. The van der Waals surface area contributed by atoms with Crippen molar-refractivity contribution in [2.75, 3.05) is 33.2 Å². The van der Waals surface area contributed by atoms with E-state index in [1.165, 1.54) is 0 Å². The summed E-state index contributed by atoms with van der Waals surface area (Å²) in [6.07, 6.45) is 1.87. The summed E-state index contributed by atoms with van der Waals surface area (Å²) >= 11 is 6.98. The summed E-state index contributed by atoms with van der Waals surface area (Å²) in [6.45, 7) is 2.83. The summed E-state index contributed by atoms with van der Waals surface area (Å²) in [4.78, 5) is 6.68. The number of sulfonamides is 1. The molecule has 21 heavy (non-hydrogen) atoms. The van der Waals surface area contributed by atoms with Crippen LogP contribution in [0.25, 0.3) is 0 Å². The largest absolute Gasteiger partial charge is 0.361 e. The third-order valence-electron chi connectivity index (χ3n) is 3.99. The third-order valence-corrected chi connectivity index (χ3v) is 7.56. The SMILES string of the molecule is CN1CCN=C1C1CCCN(S(=O)(=O)c2ccc(Cl)s2)C1. The van der Waals surface area contributed by atoms with Crippen LogP contribution in [0.3, 0.4) is 0 Å². The standard InChI is InChI=1S/C13H18ClN3O2S2/c1-16-8-6-15-13(16)10-3-2-7-17(9-10)21(18,19)12-5-4-11(14)20-12/h4-5,10H,2-3,6-9H2,1H3. The predicted octanol–water partition coefficient (Wildman–Crippen LogP) is 2.15. The zero-order valence-electron chi connectivity index (χ0n) is 11.8. The van der Waals surface area contributed by atoms with Crippen molar-refractivity contribution in [2.24, 2.45) is 10.9 Å². The van der Waals surface area contributed by atoms with Gasteiger partial charge in [-0.25, -0.2) is 8.42 Å². The molecule has 1 fully saturated rings. The van der Waals surface area contributed by atoms with Crippen LogP contribution in [-0.4, -0.2) is 56.7 Å². The van der Waals surface area contributed by atoms with Crippen LogP contribution in [0.2, 0.25) is 4.34 Å². The second-order valence-corrected chi connectivity index (χ2v) is 9.30. The molecule has 116 valence electrons. The number of piperidine rings is 1. The van der Waals surface area contributed by atoms with E-state index in [4.69, 9.17) is 11.6 Å². The summed E-state index contributed by atoms with van der Waals surface area (Å²) in [5, 5.41) is 0. The average Bonchev–Trinajstić information content (AvgIpc) is 3.08. The lowest BCUT2D eigenvalue weighted by Gasteiger charge is -2.33. The van der Waals surface area contributed by atoms with E-state index in [9.17, 15) is 8.42 Å². The van der Waals surface area contributed by atoms with Crippen molar-refractivity contribution in [3.8, 4) is 0 Å². The van der Waals surface area contributed by atoms with Crippen molar-refractivity contribution in [3.05, 3.63) is 16.5 Å². The van der Waals surface area contributed by atoms with Gasteiger partial charge in [0, 0.05) is 32.6 Å². The van der Waals surface area contributed by atoms with Gasteiger partial charge in [0.1, 0.15) is 10.0 Å². The molecular formula is C13H18ClN3O2S2. The molecule has 1 aromatic rings. The highest BCUT2D eigenvalue weighted by Crippen LogP contribution is 2.31. The Labute approximate surface area is 134 Å². The first-order chi connectivity index (χ1) is 9.98. The Morgan fingerprint density at radius 1 is 1.38 bits per heavy atom. The Bertz CT molecular complexity index is 656. The van der Waals surface area contributed by atoms with E-state index in [1.54, 1.807) is 16.4 Å². The number of halogens is 1. The molecule has 1 atom stereocenters. The molecule has 0 saturated carbocycles. The minimum absolute atomic E-state index is 0.205. The van der Waals surface area contributed by atoms with Crippen LogP contribution in [-0.2, 0) is 10.0 Å². The quantitative estimate of drug-likeness (QED) is 0.841. The second kappa shape index (κ2) is 5.87. The molecule has 2 aliphatic rings. The normalized spacial score (nSPS) is 24.4. The van der Waals surface area contributed by atoms with Gasteiger partial charge in [-0.3, -0.25) is 4.99 Å². The van der Waals surface area contributed by atoms with Gasteiger partial charge in [0.2, 0.25) is 0 Å². The van der Waals surface area contributed by atoms with Gasteiger partial charge < -0.3 is 4.90 Å². The number of thiophene rings is 1. The molecule has 0 amide bonds. The number of hydrogen-bond acceptors (Lipinski definition) is 5. The van der Waals surface area contributed by atoms with Crippen LogP contribution in [0.5, 0.6) is 0 Å². The fraction of sp³-hybridized carbons (Fsp3) is 0.615. The van der Waals surface area contributed by atoms with Crippen LogP contribution >= 0.6 is 22.9 Å². The molecule has 0 bridgehead atoms. The molecule has 1 saturated heterocycles. The van der Waals surface area contributed by atoms with E-state index in [0.29, 0.717) is 21.6 Å². The van der Waals surface area contributed by atoms with Gasteiger partial charge >= 0.3 is 0 Å². The van der Waals surface area contributed by atoms with E-state index in [2.05, 4.69) is 9.89 Å². The van der Waals surface area contributed by atoms with E-state index in [-0.39, 0.29) is 5.92 Å². The Kier molecular flexibility index (Phi) is 4.27. The lowest BCUT2D eigenvalue weighted by molar-refractivity contribution is 0.301. The van der Waals surface area contributed by atoms with Crippen LogP contribution in [0.1, 0.15) is 12.8 Å². The van der Waals surface area contributed by atoms with Crippen LogP contribution < -0.4 is 0 Å². The van der Waals surface area contributed by atoms with Crippen molar-refractivity contribution in [1.29, 1.82) is 0 Å². The Morgan fingerprint density at radius 2 is 2.19 bits per heavy atom. The fourth-order valence-corrected chi connectivity index (χ4v) is 6.09. The summed E-state index contributed by atoms with van der Waals surface area (Å²) in [6, 6.07) is 3.22. The first kappa shape index (κ1) is 15.3. The maximum Gasteiger partial charge on any atom is 0.252 e. The molecule has 1 unspecified atom stereocenters. The number of hydrogen-bond donors (Lipinski definition) is 0. The maximum absolute atomic E-state index is 12.7. The molecule has 0 radical (unpaired) electrons. The van der Waals surface area contributed by atoms with Gasteiger partial charge in [0.25, 0.3) is 10.0 Å². The highest BCUT2D eigenvalue weighted by Gasteiger charge is 2.34. The third kappa shape index (κ3) is 2.97.